The molecule has 0 unspecified atom stereocenters. The summed E-state index contributed by atoms with van der Waals surface area (Å²) in [5, 5.41) is 3.64. The van der Waals surface area contributed by atoms with E-state index in [2.05, 4.69) is 5.32 Å². The minimum absolute atomic E-state index is 0.305. The van der Waals surface area contributed by atoms with Crippen LogP contribution in [0.2, 0.25) is 10.0 Å². The minimum atomic E-state index is -0.723. The molecule has 0 spiro atoms. The number of ether oxygens (including phenoxy) is 2. The van der Waals surface area contributed by atoms with Crippen LogP contribution in [-0.2, 0) is 4.79 Å². The van der Waals surface area contributed by atoms with E-state index in [1.54, 1.807) is 50.4 Å². The number of para-hydroxylation sites is 2. The van der Waals surface area contributed by atoms with Gasteiger partial charge in [0.15, 0.2) is 6.10 Å². The molecular formula is C16H15Cl2NO3. The summed E-state index contributed by atoms with van der Waals surface area (Å²) in [6.45, 7) is 1.64. The van der Waals surface area contributed by atoms with Gasteiger partial charge in [-0.25, -0.2) is 0 Å². The number of anilines is 1. The molecule has 1 atom stereocenters. The lowest BCUT2D eigenvalue weighted by molar-refractivity contribution is -0.122. The molecule has 1 amide bonds. The van der Waals surface area contributed by atoms with E-state index in [9.17, 15) is 4.79 Å². The lowest BCUT2D eigenvalue weighted by Gasteiger charge is -2.16. The predicted molar refractivity (Wildman–Crippen MR) is 88.2 cm³/mol. The molecule has 0 radical (unpaired) electrons. The van der Waals surface area contributed by atoms with Crippen molar-refractivity contribution in [2.24, 2.45) is 0 Å². The number of methoxy groups -OCH3 is 1. The molecular weight excluding hydrogens is 325 g/mol. The van der Waals surface area contributed by atoms with Crippen LogP contribution in [0.4, 0.5) is 5.69 Å². The lowest BCUT2D eigenvalue weighted by atomic mass is 10.2. The molecule has 0 aliphatic carbocycles. The summed E-state index contributed by atoms with van der Waals surface area (Å²) in [5.41, 5.74) is 0.578. The number of amides is 1. The molecule has 4 nitrogen and oxygen atoms in total. The van der Waals surface area contributed by atoms with Crippen LogP contribution in [0, 0.1) is 0 Å². The Bertz CT molecular complexity index is 656. The highest BCUT2D eigenvalue weighted by molar-refractivity contribution is 6.34. The van der Waals surface area contributed by atoms with Crippen molar-refractivity contribution < 1.29 is 14.3 Å². The number of rotatable bonds is 5. The molecule has 0 saturated carbocycles. The van der Waals surface area contributed by atoms with Crippen LogP contribution in [-0.4, -0.2) is 19.1 Å². The fourth-order valence-corrected chi connectivity index (χ4v) is 2.34. The van der Waals surface area contributed by atoms with Gasteiger partial charge in [0.2, 0.25) is 0 Å². The van der Waals surface area contributed by atoms with Gasteiger partial charge in [0.25, 0.3) is 5.91 Å². The highest BCUT2D eigenvalue weighted by atomic mass is 35.5. The number of nitrogens with one attached hydrogen (secondary N) is 1. The second kappa shape index (κ2) is 7.38. The third kappa shape index (κ3) is 4.29. The van der Waals surface area contributed by atoms with Crippen molar-refractivity contribution in [2.45, 2.75) is 13.0 Å². The summed E-state index contributed by atoms with van der Waals surface area (Å²) >= 11 is 11.8. The van der Waals surface area contributed by atoms with Crippen LogP contribution in [0.5, 0.6) is 11.5 Å². The maximum atomic E-state index is 12.2. The average Bonchev–Trinajstić information content (AvgIpc) is 2.46. The smallest absolute Gasteiger partial charge is 0.265 e. The van der Waals surface area contributed by atoms with Gasteiger partial charge in [0.1, 0.15) is 11.5 Å². The Morgan fingerprint density at radius 3 is 2.41 bits per heavy atom. The van der Waals surface area contributed by atoms with Gasteiger partial charge >= 0.3 is 0 Å². The molecule has 0 aromatic heterocycles. The topological polar surface area (TPSA) is 47.6 Å². The van der Waals surface area contributed by atoms with Crippen molar-refractivity contribution in [3.05, 3.63) is 52.5 Å². The van der Waals surface area contributed by atoms with E-state index in [-0.39, 0.29) is 5.91 Å². The Kier molecular flexibility index (Phi) is 5.52. The molecule has 116 valence electrons. The van der Waals surface area contributed by atoms with Gasteiger partial charge in [-0.2, -0.15) is 0 Å². The Balaban J connectivity index is 2.06. The van der Waals surface area contributed by atoms with Crippen molar-refractivity contribution >= 4 is 34.8 Å². The Hall–Kier alpha value is -1.91. The van der Waals surface area contributed by atoms with Crippen LogP contribution in [0.15, 0.2) is 42.5 Å². The molecule has 2 aromatic rings. The molecule has 6 heteroatoms. The molecule has 0 heterocycles. The molecule has 22 heavy (non-hydrogen) atoms. The first-order chi connectivity index (χ1) is 10.5. The third-order valence-electron chi connectivity index (χ3n) is 2.88. The zero-order valence-corrected chi connectivity index (χ0v) is 13.6. The highest BCUT2D eigenvalue weighted by Crippen LogP contribution is 2.26. The zero-order chi connectivity index (χ0) is 16.1. The number of benzene rings is 2. The molecule has 2 rings (SSSR count). The summed E-state index contributed by atoms with van der Waals surface area (Å²) in [6.07, 6.45) is -0.723. The number of hydrogen-bond donors (Lipinski definition) is 1. The summed E-state index contributed by atoms with van der Waals surface area (Å²) in [5.74, 6) is 0.703. The predicted octanol–water partition coefficient (Wildman–Crippen LogP) is 4.41. The third-order valence-corrected chi connectivity index (χ3v) is 3.32. The first kappa shape index (κ1) is 16.5. The van der Waals surface area contributed by atoms with Crippen LogP contribution in [0.3, 0.4) is 0 Å². The van der Waals surface area contributed by atoms with Gasteiger partial charge in [0, 0.05) is 10.0 Å². The van der Waals surface area contributed by atoms with Crippen LogP contribution < -0.4 is 14.8 Å². The maximum Gasteiger partial charge on any atom is 0.265 e. The van der Waals surface area contributed by atoms with Gasteiger partial charge in [-0.15, -0.1) is 0 Å². The number of hydrogen-bond acceptors (Lipinski definition) is 3. The standard InChI is InChI=1S/C16H15Cl2NO3/c1-10(22-13-8-11(17)7-12(18)9-13)16(20)19-14-5-3-4-6-15(14)21-2/h3-10H,1-2H3,(H,19,20)/t10-/m0/s1. The van der Waals surface area contributed by atoms with Crippen LogP contribution in [0.1, 0.15) is 6.92 Å². The fourth-order valence-electron chi connectivity index (χ4n) is 1.84. The molecule has 0 bridgehead atoms. The highest BCUT2D eigenvalue weighted by Gasteiger charge is 2.17. The number of halogens is 2. The monoisotopic (exact) mass is 339 g/mol. The van der Waals surface area contributed by atoms with Crippen molar-refractivity contribution in [2.75, 3.05) is 12.4 Å². The van der Waals surface area contributed by atoms with Gasteiger partial charge in [-0.05, 0) is 37.3 Å². The van der Waals surface area contributed by atoms with Crippen molar-refractivity contribution in [3.8, 4) is 11.5 Å². The number of carbonyl (C=O) groups is 1. The minimum Gasteiger partial charge on any atom is -0.495 e. The fraction of sp³-hybridized carbons (Fsp3) is 0.188. The SMILES string of the molecule is COc1ccccc1NC(=O)[C@H](C)Oc1cc(Cl)cc(Cl)c1. The van der Waals surface area contributed by atoms with Crippen LogP contribution >= 0.6 is 23.2 Å². The Labute approximate surface area is 138 Å². The average molecular weight is 340 g/mol. The molecule has 0 aliphatic heterocycles. The first-order valence-electron chi connectivity index (χ1n) is 6.56. The molecule has 0 fully saturated rings. The van der Waals surface area contributed by atoms with Gasteiger partial charge in [0.05, 0.1) is 12.8 Å². The van der Waals surface area contributed by atoms with E-state index < -0.39 is 6.10 Å². The summed E-state index contributed by atoms with van der Waals surface area (Å²) in [7, 11) is 1.54. The maximum absolute atomic E-state index is 12.2. The van der Waals surface area contributed by atoms with Crippen LogP contribution in [0.25, 0.3) is 0 Å². The van der Waals surface area contributed by atoms with Crippen molar-refractivity contribution in [1.29, 1.82) is 0 Å². The van der Waals surface area contributed by atoms with E-state index in [0.29, 0.717) is 27.2 Å². The van der Waals surface area contributed by atoms with Gasteiger partial charge in [-0.3, -0.25) is 4.79 Å². The molecule has 2 aromatic carbocycles. The normalized spacial score (nSPS) is 11.6. The quantitative estimate of drug-likeness (QED) is 0.877. The van der Waals surface area contributed by atoms with Gasteiger partial charge < -0.3 is 14.8 Å². The lowest BCUT2D eigenvalue weighted by Crippen LogP contribution is -2.30. The van der Waals surface area contributed by atoms with E-state index in [0.717, 1.165) is 0 Å². The van der Waals surface area contributed by atoms with E-state index in [1.165, 1.54) is 0 Å². The molecule has 0 aliphatic rings. The Morgan fingerprint density at radius 2 is 1.77 bits per heavy atom. The second-order valence-electron chi connectivity index (χ2n) is 4.55. The largest absolute Gasteiger partial charge is 0.495 e. The molecule has 1 N–H and O–H groups in total. The van der Waals surface area contributed by atoms with E-state index in [1.807, 2.05) is 6.07 Å². The zero-order valence-electron chi connectivity index (χ0n) is 12.1. The van der Waals surface area contributed by atoms with Gasteiger partial charge in [-0.1, -0.05) is 35.3 Å². The summed E-state index contributed by atoms with van der Waals surface area (Å²) < 4.78 is 10.7. The van der Waals surface area contributed by atoms with Crippen molar-refractivity contribution in [1.82, 2.24) is 0 Å². The first-order valence-corrected chi connectivity index (χ1v) is 7.32. The van der Waals surface area contributed by atoms with E-state index >= 15 is 0 Å². The number of carbonyl (C=O) groups excluding carboxylic acids is 1. The van der Waals surface area contributed by atoms with E-state index in [4.69, 9.17) is 32.7 Å². The Morgan fingerprint density at radius 1 is 1.14 bits per heavy atom. The van der Waals surface area contributed by atoms with Crippen molar-refractivity contribution in [3.63, 3.8) is 0 Å². The second-order valence-corrected chi connectivity index (χ2v) is 5.43. The summed E-state index contributed by atoms with van der Waals surface area (Å²) in [6, 6.07) is 11.9. The molecule has 0 saturated heterocycles. The summed E-state index contributed by atoms with van der Waals surface area (Å²) in [4.78, 5) is 12.2.